The molecular weight excluding hydrogens is 242 g/mol. The zero-order valence-corrected chi connectivity index (χ0v) is 10.9. The average molecular weight is 257 g/mol. The molecule has 4 heteroatoms. The summed E-state index contributed by atoms with van der Waals surface area (Å²) in [5.41, 5.74) is 1.36. The Hall–Kier alpha value is -2.36. The molecule has 0 aliphatic carbocycles. The third-order valence-corrected chi connectivity index (χ3v) is 2.75. The van der Waals surface area contributed by atoms with Crippen LogP contribution in [0.15, 0.2) is 48.8 Å². The molecule has 0 bridgehead atoms. The summed E-state index contributed by atoms with van der Waals surface area (Å²) in [6, 6.07) is 10.8. The number of para-hydroxylation sites is 1. The summed E-state index contributed by atoms with van der Waals surface area (Å²) in [6.45, 7) is 1.91. The van der Waals surface area contributed by atoms with Gasteiger partial charge in [-0.25, -0.2) is 4.79 Å². The number of hydrogen-bond donors (Lipinski definition) is 0. The lowest BCUT2D eigenvalue weighted by Gasteiger charge is -2.16. The fraction of sp³-hybridized carbons (Fsp3) is 0.200. The lowest BCUT2D eigenvalue weighted by atomic mass is 10.1. The molecule has 2 aromatic rings. The molecule has 0 saturated heterocycles. The first-order valence-corrected chi connectivity index (χ1v) is 5.96. The highest BCUT2D eigenvalue weighted by molar-refractivity contribution is 5.92. The number of benzene rings is 1. The molecule has 1 heterocycles. The van der Waals surface area contributed by atoms with E-state index >= 15 is 0 Å². The summed E-state index contributed by atoms with van der Waals surface area (Å²) in [6.07, 6.45) is 3.25. The highest BCUT2D eigenvalue weighted by Crippen LogP contribution is 2.25. The number of nitrogens with zero attached hydrogens (tertiary/aromatic N) is 1. The van der Waals surface area contributed by atoms with Crippen LogP contribution in [0.2, 0.25) is 0 Å². The fourth-order valence-corrected chi connectivity index (χ4v) is 1.72. The molecule has 4 nitrogen and oxygen atoms in total. The predicted octanol–water partition coefficient (Wildman–Crippen LogP) is 3.01. The number of carbonyl (C=O) groups is 1. The molecular formula is C15H15NO3. The van der Waals surface area contributed by atoms with Crippen LogP contribution < -0.4 is 4.74 Å². The standard InChI is InChI=1S/C15H15NO3/c1-11(12-6-5-9-16-10-12)19-14-8-4-3-7-13(14)15(17)18-2/h3-11H,1-2H3. The van der Waals surface area contributed by atoms with Crippen LogP contribution in [0, 0.1) is 0 Å². The summed E-state index contributed by atoms with van der Waals surface area (Å²) in [7, 11) is 1.35. The van der Waals surface area contributed by atoms with E-state index in [0.717, 1.165) is 5.56 Å². The van der Waals surface area contributed by atoms with Crippen LogP contribution in [0.1, 0.15) is 28.9 Å². The Bertz CT molecular complexity index is 554. The largest absolute Gasteiger partial charge is 0.485 e. The van der Waals surface area contributed by atoms with Crippen molar-refractivity contribution < 1.29 is 14.3 Å². The van der Waals surface area contributed by atoms with Crippen LogP contribution in [0.5, 0.6) is 5.75 Å². The monoisotopic (exact) mass is 257 g/mol. The molecule has 98 valence electrons. The first-order chi connectivity index (χ1) is 9.22. The van der Waals surface area contributed by atoms with Crippen molar-refractivity contribution in [3.63, 3.8) is 0 Å². The molecule has 0 aliphatic rings. The van der Waals surface area contributed by atoms with Crippen LogP contribution in [-0.2, 0) is 4.74 Å². The molecule has 0 amide bonds. The second-order valence-corrected chi connectivity index (χ2v) is 4.03. The molecule has 0 fully saturated rings. The van der Waals surface area contributed by atoms with E-state index in [-0.39, 0.29) is 6.10 Å². The van der Waals surface area contributed by atoms with Gasteiger partial charge in [0, 0.05) is 18.0 Å². The fourth-order valence-electron chi connectivity index (χ4n) is 1.72. The number of methoxy groups -OCH3 is 1. The summed E-state index contributed by atoms with van der Waals surface area (Å²) < 4.78 is 10.5. The maximum atomic E-state index is 11.6. The van der Waals surface area contributed by atoms with Gasteiger partial charge in [0.2, 0.25) is 0 Å². The van der Waals surface area contributed by atoms with Crippen molar-refractivity contribution in [1.82, 2.24) is 4.98 Å². The Labute approximate surface area is 112 Å². The number of aromatic nitrogens is 1. The van der Waals surface area contributed by atoms with Crippen molar-refractivity contribution in [3.05, 3.63) is 59.9 Å². The maximum absolute atomic E-state index is 11.6. The molecule has 0 spiro atoms. The quantitative estimate of drug-likeness (QED) is 0.790. The van der Waals surface area contributed by atoms with E-state index in [1.54, 1.807) is 30.6 Å². The zero-order valence-electron chi connectivity index (χ0n) is 10.9. The third kappa shape index (κ3) is 3.10. The van der Waals surface area contributed by atoms with Gasteiger partial charge in [-0.3, -0.25) is 4.98 Å². The summed E-state index contributed by atoms with van der Waals surface area (Å²) >= 11 is 0. The van der Waals surface area contributed by atoms with Crippen LogP contribution in [0.3, 0.4) is 0 Å². The second-order valence-electron chi connectivity index (χ2n) is 4.03. The Kier molecular flexibility index (Phi) is 4.13. The van der Waals surface area contributed by atoms with Crippen molar-refractivity contribution in [1.29, 1.82) is 0 Å². The minimum absolute atomic E-state index is 0.195. The van der Waals surface area contributed by atoms with Crippen LogP contribution in [-0.4, -0.2) is 18.1 Å². The SMILES string of the molecule is COC(=O)c1ccccc1OC(C)c1cccnc1. The lowest BCUT2D eigenvalue weighted by molar-refractivity contribution is 0.0593. The van der Waals surface area contributed by atoms with Gasteiger partial charge in [-0.1, -0.05) is 18.2 Å². The third-order valence-electron chi connectivity index (χ3n) is 2.75. The van der Waals surface area contributed by atoms with E-state index in [4.69, 9.17) is 9.47 Å². The van der Waals surface area contributed by atoms with Gasteiger partial charge in [-0.15, -0.1) is 0 Å². The van der Waals surface area contributed by atoms with Gasteiger partial charge in [0.25, 0.3) is 0 Å². The zero-order chi connectivity index (χ0) is 13.7. The van der Waals surface area contributed by atoms with Crippen molar-refractivity contribution in [3.8, 4) is 5.75 Å². The van der Waals surface area contributed by atoms with Gasteiger partial charge < -0.3 is 9.47 Å². The van der Waals surface area contributed by atoms with E-state index in [1.165, 1.54) is 7.11 Å². The van der Waals surface area contributed by atoms with Gasteiger partial charge in [0.1, 0.15) is 17.4 Å². The van der Waals surface area contributed by atoms with Gasteiger partial charge in [0.05, 0.1) is 7.11 Å². The summed E-state index contributed by atoms with van der Waals surface area (Å²) in [5.74, 6) is 0.0969. The Morgan fingerprint density at radius 3 is 2.68 bits per heavy atom. The maximum Gasteiger partial charge on any atom is 0.341 e. The number of rotatable bonds is 4. The smallest absolute Gasteiger partial charge is 0.341 e. The predicted molar refractivity (Wildman–Crippen MR) is 71.1 cm³/mol. The van der Waals surface area contributed by atoms with Crippen molar-refractivity contribution in [2.45, 2.75) is 13.0 Å². The minimum atomic E-state index is -0.408. The Morgan fingerprint density at radius 2 is 2.00 bits per heavy atom. The van der Waals surface area contributed by atoms with Crippen LogP contribution >= 0.6 is 0 Å². The van der Waals surface area contributed by atoms with Crippen LogP contribution in [0.25, 0.3) is 0 Å². The highest BCUT2D eigenvalue weighted by atomic mass is 16.5. The van der Waals surface area contributed by atoms with Gasteiger partial charge >= 0.3 is 5.97 Å². The molecule has 1 unspecified atom stereocenters. The molecule has 2 rings (SSSR count). The number of ether oxygens (including phenoxy) is 2. The molecule has 1 aromatic heterocycles. The molecule has 1 aromatic carbocycles. The van der Waals surface area contributed by atoms with Crippen molar-refractivity contribution in [2.24, 2.45) is 0 Å². The lowest BCUT2D eigenvalue weighted by Crippen LogP contribution is -2.08. The van der Waals surface area contributed by atoms with Crippen molar-refractivity contribution >= 4 is 5.97 Å². The Morgan fingerprint density at radius 1 is 1.21 bits per heavy atom. The number of pyridine rings is 1. The first-order valence-electron chi connectivity index (χ1n) is 5.96. The number of hydrogen-bond acceptors (Lipinski definition) is 4. The second kappa shape index (κ2) is 6.00. The van der Waals surface area contributed by atoms with Gasteiger partial charge in [0.15, 0.2) is 0 Å². The molecule has 0 N–H and O–H groups in total. The van der Waals surface area contributed by atoms with Crippen LogP contribution in [0.4, 0.5) is 0 Å². The first kappa shape index (κ1) is 13.1. The van der Waals surface area contributed by atoms with Gasteiger partial charge in [-0.05, 0) is 25.1 Å². The number of esters is 1. The van der Waals surface area contributed by atoms with Gasteiger partial charge in [-0.2, -0.15) is 0 Å². The molecule has 0 saturated carbocycles. The molecule has 1 atom stereocenters. The van der Waals surface area contributed by atoms with E-state index < -0.39 is 5.97 Å². The molecule has 0 radical (unpaired) electrons. The minimum Gasteiger partial charge on any atom is -0.485 e. The van der Waals surface area contributed by atoms with E-state index in [9.17, 15) is 4.79 Å². The topological polar surface area (TPSA) is 48.4 Å². The average Bonchev–Trinajstić information content (AvgIpc) is 2.48. The molecule has 19 heavy (non-hydrogen) atoms. The van der Waals surface area contributed by atoms with E-state index in [1.807, 2.05) is 25.1 Å². The van der Waals surface area contributed by atoms with E-state index in [2.05, 4.69) is 4.98 Å². The Balaban J connectivity index is 2.22. The summed E-state index contributed by atoms with van der Waals surface area (Å²) in [5, 5.41) is 0. The molecule has 0 aliphatic heterocycles. The number of carbonyl (C=O) groups excluding carboxylic acids is 1. The summed E-state index contributed by atoms with van der Waals surface area (Å²) in [4.78, 5) is 15.7. The van der Waals surface area contributed by atoms with Crippen molar-refractivity contribution in [2.75, 3.05) is 7.11 Å². The highest BCUT2D eigenvalue weighted by Gasteiger charge is 2.15. The normalized spacial score (nSPS) is 11.7. The van der Waals surface area contributed by atoms with E-state index in [0.29, 0.717) is 11.3 Å².